The summed E-state index contributed by atoms with van der Waals surface area (Å²) in [5, 5.41) is 0. The zero-order valence-electron chi connectivity index (χ0n) is 10.1. The van der Waals surface area contributed by atoms with Crippen molar-refractivity contribution in [1.29, 1.82) is 0 Å². The fourth-order valence-corrected chi connectivity index (χ4v) is 1.95. The molecule has 0 atom stereocenters. The van der Waals surface area contributed by atoms with Gasteiger partial charge < -0.3 is 4.90 Å². The second-order valence-corrected chi connectivity index (χ2v) is 4.85. The molecule has 1 aromatic carbocycles. The van der Waals surface area contributed by atoms with Crippen molar-refractivity contribution in [2.24, 2.45) is 5.92 Å². The van der Waals surface area contributed by atoms with E-state index in [1.807, 2.05) is 25.8 Å². The molecule has 3 heteroatoms. The van der Waals surface area contributed by atoms with Crippen molar-refractivity contribution >= 4 is 5.69 Å². The van der Waals surface area contributed by atoms with Crippen LogP contribution in [0.2, 0.25) is 0 Å². The maximum absolute atomic E-state index is 11.5. The van der Waals surface area contributed by atoms with Crippen molar-refractivity contribution in [2.45, 2.75) is 33.6 Å². The average molecular weight is 209 g/mol. The second kappa shape index (κ2) is 4.17. The van der Waals surface area contributed by atoms with Crippen LogP contribution in [0.3, 0.4) is 0 Å². The molecule has 15 heavy (non-hydrogen) atoms. The lowest BCUT2D eigenvalue weighted by atomic mass is 9.95. The Hall–Kier alpha value is -1.12. The van der Waals surface area contributed by atoms with Gasteiger partial charge in [0.15, 0.2) is 0 Å². The predicted octanol–water partition coefficient (Wildman–Crippen LogP) is 1.50. The van der Waals surface area contributed by atoms with Gasteiger partial charge >= 0.3 is 0 Å². The summed E-state index contributed by atoms with van der Waals surface area (Å²) >= 11 is 0. The van der Waals surface area contributed by atoms with Crippen molar-refractivity contribution in [3.63, 3.8) is 0 Å². The van der Waals surface area contributed by atoms with E-state index in [0.717, 1.165) is 6.54 Å². The summed E-state index contributed by atoms with van der Waals surface area (Å²) in [6, 6.07) is 0. The highest BCUT2D eigenvalue weighted by atomic mass is 16.2. The molecule has 0 aliphatic rings. The highest BCUT2D eigenvalue weighted by Gasteiger charge is 2.25. The van der Waals surface area contributed by atoms with Gasteiger partial charge in [-0.15, -0.1) is 0 Å². The van der Waals surface area contributed by atoms with Gasteiger partial charge in [0.1, 0.15) is 0 Å². The van der Waals surface area contributed by atoms with E-state index >= 15 is 0 Å². The molecule has 3 nitrogen and oxygen atoms in total. The molecule has 1 rings (SSSR count). The fraction of sp³-hybridized carbons (Fsp3) is 0.667. The van der Waals surface area contributed by atoms with Gasteiger partial charge in [-0.1, -0.05) is 27.7 Å². The van der Waals surface area contributed by atoms with E-state index in [-0.39, 0.29) is 16.8 Å². The third-order valence-corrected chi connectivity index (χ3v) is 2.52. The number of hydrogen-bond donors (Lipinski definition) is 0. The van der Waals surface area contributed by atoms with Gasteiger partial charge in [0.05, 0.1) is 5.69 Å². The number of nitrogens with zero attached hydrogens (tertiary/aromatic N) is 1. The first kappa shape index (κ1) is 12.0. The molecule has 0 aliphatic carbocycles. The highest BCUT2D eigenvalue weighted by molar-refractivity contribution is 5.59. The Morgan fingerprint density at radius 3 is 2.00 bits per heavy atom. The number of anilines is 1. The molecule has 0 spiro atoms. The Morgan fingerprint density at radius 1 is 1.07 bits per heavy atom. The summed E-state index contributed by atoms with van der Waals surface area (Å²) in [5.74, 6) is 0.624. The summed E-state index contributed by atoms with van der Waals surface area (Å²) in [7, 11) is 1.88. The lowest BCUT2D eigenvalue weighted by molar-refractivity contribution is 0.632. The molecule has 0 aromatic heterocycles. The molecule has 0 bridgehead atoms. The fourth-order valence-electron chi connectivity index (χ4n) is 1.95. The van der Waals surface area contributed by atoms with Crippen LogP contribution in [0, 0.1) is 5.92 Å². The lowest BCUT2D eigenvalue weighted by Gasteiger charge is -2.26. The summed E-state index contributed by atoms with van der Waals surface area (Å²) in [6.45, 7) is 8.89. The molecule has 0 heterocycles. The van der Waals surface area contributed by atoms with Gasteiger partial charge in [-0.2, -0.15) is 0 Å². The number of hydrogen-bond acceptors (Lipinski definition) is 3. The van der Waals surface area contributed by atoms with E-state index in [9.17, 15) is 9.59 Å². The smallest absolute Gasteiger partial charge is 0.249 e. The first-order valence-corrected chi connectivity index (χ1v) is 5.40. The molecule has 0 aliphatic heterocycles. The van der Waals surface area contributed by atoms with Gasteiger partial charge in [-0.25, -0.2) is 0 Å². The standard InChI is InChI=1S/C12H19NO2/c1-7(2)6-13(5)10-9(8(3)4)11(14)12(10)15/h7-8H,6H2,1-5H3. The predicted molar refractivity (Wildman–Crippen MR) is 63.6 cm³/mol. The minimum atomic E-state index is -0.318. The molecular formula is C12H19NO2. The van der Waals surface area contributed by atoms with Gasteiger partial charge in [0.2, 0.25) is 10.9 Å². The van der Waals surface area contributed by atoms with Crippen LogP contribution in [-0.4, -0.2) is 13.6 Å². The van der Waals surface area contributed by atoms with Crippen LogP contribution in [0.1, 0.15) is 39.2 Å². The topological polar surface area (TPSA) is 37.4 Å². The van der Waals surface area contributed by atoms with Crippen LogP contribution in [0.25, 0.3) is 0 Å². The van der Waals surface area contributed by atoms with Gasteiger partial charge in [0.25, 0.3) is 0 Å². The van der Waals surface area contributed by atoms with Crippen molar-refractivity contribution in [3.8, 4) is 0 Å². The van der Waals surface area contributed by atoms with Gasteiger partial charge in [-0.05, 0) is 11.8 Å². The third kappa shape index (κ3) is 2.11. The van der Waals surface area contributed by atoms with Crippen LogP contribution in [0.15, 0.2) is 9.59 Å². The molecule has 0 radical (unpaired) electrons. The Bertz CT molecular complexity index is 411. The Balaban J connectivity index is 3.00. The van der Waals surface area contributed by atoms with Crippen LogP contribution < -0.4 is 15.8 Å². The van der Waals surface area contributed by atoms with E-state index in [0.29, 0.717) is 17.2 Å². The monoisotopic (exact) mass is 209 g/mol. The molecule has 0 saturated carbocycles. The third-order valence-electron chi connectivity index (χ3n) is 2.52. The van der Waals surface area contributed by atoms with Crippen LogP contribution in [-0.2, 0) is 0 Å². The van der Waals surface area contributed by atoms with Crippen molar-refractivity contribution in [2.75, 3.05) is 18.5 Å². The highest BCUT2D eigenvalue weighted by Crippen LogP contribution is 2.22. The average Bonchev–Trinajstić information content (AvgIpc) is 2.09. The Kier molecular flexibility index (Phi) is 3.32. The van der Waals surface area contributed by atoms with E-state index in [2.05, 4.69) is 13.8 Å². The summed E-state index contributed by atoms with van der Waals surface area (Å²) in [4.78, 5) is 24.7. The second-order valence-electron chi connectivity index (χ2n) is 4.85. The molecule has 0 saturated heterocycles. The van der Waals surface area contributed by atoms with E-state index in [1.165, 1.54) is 0 Å². The van der Waals surface area contributed by atoms with E-state index < -0.39 is 0 Å². The largest absolute Gasteiger partial charge is 0.371 e. The van der Waals surface area contributed by atoms with Crippen molar-refractivity contribution in [1.82, 2.24) is 0 Å². The molecular weight excluding hydrogens is 190 g/mol. The summed E-state index contributed by atoms with van der Waals surface area (Å²) in [5.41, 5.74) is 0.712. The Labute approximate surface area is 90.4 Å². The first-order chi connectivity index (χ1) is 6.86. The molecule has 0 N–H and O–H groups in total. The molecule has 84 valence electrons. The maximum atomic E-state index is 11.5. The van der Waals surface area contributed by atoms with E-state index in [1.54, 1.807) is 0 Å². The molecule has 1 aromatic rings. The zero-order valence-corrected chi connectivity index (χ0v) is 10.1. The van der Waals surface area contributed by atoms with Crippen LogP contribution in [0.4, 0.5) is 5.69 Å². The van der Waals surface area contributed by atoms with Crippen molar-refractivity contribution in [3.05, 3.63) is 26.0 Å². The summed E-state index contributed by atoms with van der Waals surface area (Å²) < 4.78 is 0. The summed E-state index contributed by atoms with van der Waals surface area (Å²) in [6.07, 6.45) is 0. The molecule has 0 unspecified atom stereocenters. The van der Waals surface area contributed by atoms with Crippen LogP contribution >= 0.6 is 0 Å². The maximum Gasteiger partial charge on any atom is 0.249 e. The van der Waals surface area contributed by atoms with Crippen molar-refractivity contribution < 1.29 is 0 Å². The zero-order chi connectivity index (χ0) is 11.7. The minimum absolute atomic E-state index is 0.139. The first-order valence-electron chi connectivity index (χ1n) is 5.40. The lowest BCUT2D eigenvalue weighted by Crippen LogP contribution is -2.43. The number of rotatable bonds is 4. The minimum Gasteiger partial charge on any atom is -0.371 e. The molecule has 0 fully saturated rings. The van der Waals surface area contributed by atoms with E-state index in [4.69, 9.17) is 0 Å². The van der Waals surface area contributed by atoms with Gasteiger partial charge in [-0.3, -0.25) is 9.59 Å². The van der Waals surface area contributed by atoms with Crippen LogP contribution in [0.5, 0.6) is 0 Å². The Morgan fingerprint density at radius 2 is 1.60 bits per heavy atom. The normalized spacial score (nSPS) is 11.7. The quantitative estimate of drug-likeness (QED) is 0.705. The SMILES string of the molecule is CC(C)CN(C)c1c(C(C)C)c(=O)c1=O. The van der Waals surface area contributed by atoms with Gasteiger partial charge in [0, 0.05) is 19.2 Å². The molecule has 0 amide bonds.